The van der Waals surface area contributed by atoms with E-state index < -0.39 is 0 Å². The van der Waals surface area contributed by atoms with Crippen LogP contribution >= 0.6 is 11.3 Å². The molecule has 2 rings (SSSR count). The highest BCUT2D eigenvalue weighted by molar-refractivity contribution is 7.14. The summed E-state index contributed by atoms with van der Waals surface area (Å²) in [6, 6.07) is 8.92. The summed E-state index contributed by atoms with van der Waals surface area (Å²) < 4.78 is 4.92. The third-order valence-electron chi connectivity index (χ3n) is 3.00. The predicted molar refractivity (Wildman–Crippen MR) is 89.7 cm³/mol. The summed E-state index contributed by atoms with van der Waals surface area (Å²) in [6.45, 7) is 1.20. The van der Waals surface area contributed by atoms with Gasteiger partial charge < -0.3 is 10.1 Å². The van der Waals surface area contributed by atoms with E-state index in [4.69, 9.17) is 4.74 Å². The second kappa shape index (κ2) is 9.02. The number of thiazole rings is 1. The van der Waals surface area contributed by atoms with Gasteiger partial charge >= 0.3 is 0 Å². The average Bonchev–Trinajstić information content (AvgIpc) is 2.99. The van der Waals surface area contributed by atoms with Crippen LogP contribution in [0.4, 0.5) is 5.13 Å². The van der Waals surface area contributed by atoms with Gasteiger partial charge in [0.15, 0.2) is 5.13 Å². The minimum Gasteiger partial charge on any atom is -0.385 e. The van der Waals surface area contributed by atoms with Gasteiger partial charge in [0.05, 0.1) is 12.1 Å². The molecule has 0 radical (unpaired) electrons. The van der Waals surface area contributed by atoms with Gasteiger partial charge in [-0.05, 0) is 18.6 Å². The Morgan fingerprint density at radius 1 is 1.26 bits per heavy atom. The van der Waals surface area contributed by atoms with Crippen molar-refractivity contribution in [2.45, 2.75) is 12.8 Å². The fraction of sp³-hybridized carbons (Fsp3) is 0.312. The fourth-order valence-electron chi connectivity index (χ4n) is 1.88. The van der Waals surface area contributed by atoms with Crippen molar-refractivity contribution in [2.24, 2.45) is 0 Å². The monoisotopic (exact) mass is 333 g/mol. The Morgan fingerprint density at radius 3 is 2.78 bits per heavy atom. The zero-order chi connectivity index (χ0) is 16.5. The first kappa shape index (κ1) is 17.1. The van der Waals surface area contributed by atoms with E-state index in [1.54, 1.807) is 36.8 Å². The van der Waals surface area contributed by atoms with Gasteiger partial charge in [-0.3, -0.25) is 14.9 Å². The summed E-state index contributed by atoms with van der Waals surface area (Å²) >= 11 is 1.30. The number of benzene rings is 1. The van der Waals surface area contributed by atoms with E-state index in [1.807, 2.05) is 6.07 Å². The van der Waals surface area contributed by atoms with Gasteiger partial charge in [-0.15, -0.1) is 11.3 Å². The van der Waals surface area contributed by atoms with E-state index in [1.165, 1.54) is 11.3 Å². The molecule has 1 aromatic carbocycles. The van der Waals surface area contributed by atoms with Crippen LogP contribution in [0, 0.1) is 0 Å². The van der Waals surface area contributed by atoms with Crippen LogP contribution < -0.4 is 10.6 Å². The number of carbonyl (C=O) groups is 2. The number of hydrogen-bond acceptors (Lipinski definition) is 5. The van der Waals surface area contributed by atoms with Crippen LogP contribution in [0.5, 0.6) is 0 Å². The van der Waals surface area contributed by atoms with Crippen LogP contribution in [0.25, 0.3) is 0 Å². The number of hydrogen-bond donors (Lipinski definition) is 2. The lowest BCUT2D eigenvalue weighted by atomic mass is 10.2. The Bertz CT molecular complexity index is 643. The van der Waals surface area contributed by atoms with Crippen molar-refractivity contribution in [3.8, 4) is 0 Å². The molecule has 0 aliphatic carbocycles. The maximum absolute atomic E-state index is 12.0. The molecule has 1 heterocycles. The number of ether oxygens (including phenoxy) is 1. The van der Waals surface area contributed by atoms with Gasteiger partial charge in [-0.25, -0.2) is 4.98 Å². The molecule has 2 N–H and O–H groups in total. The predicted octanol–water partition coefficient (Wildman–Crippen LogP) is 2.09. The Morgan fingerprint density at radius 2 is 2.04 bits per heavy atom. The highest BCUT2D eigenvalue weighted by atomic mass is 32.1. The molecule has 0 atom stereocenters. The van der Waals surface area contributed by atoms with E-state index >= 15 is 0 Å². The van der Waals surface area contributed by atoms with Crippen LogP contribution in [-0.4, -0.2) is 37.1 Å². The van der Waals surface area contributed by atoms with Gasteiger partial charge in [0.1, 0.15) is 0 Å². The summed E-state index contributed by atoms with van der Waals surface area (Å²) in [4.78, 5) is 28.0. The third-order valence-corrected chi connectivity index (χ3v) is 3.80. The normalized spacial score (nSPS) is 10.3. The number of nitrogens with zero attached hydrogens (tertiary/aromatic N) is 1. The van der Waals surface area contributed by atoms with Crippen molar-refractivity contribution in [2.75, 3.05) is 25.6 Å². The summed E-state index contributed by atoms with van der Waals surface area (Å²) in [7, 11) is 1.63. The molecule has 0 aliphatic heterocycles. The molecule has 0 saturated carbocycles. The largest absolute Gasteiger partial charge is 0.385 e. The molecular formula is C16H19N3O3S. The van der Waals surface area contributed by atoms with Crippen LogP contribution in [0.3, 0.4) is 0 Å². The Balaban J connectivity index is 1.81. The maximum atomic E-state index is 12.0. The number of anilines is 1. The van der Waals surface area contributed by atoms with Crippen LogP contribution in [-0.2, 0) is 16.0 Å². The number of amides is 2. The van der Waals surface area contributed by atoms with Crippen LogP contribution in [0.15, 0.2) is 35.7 Å². The van der Waals surface area contributed by atoms with Crippen molar-refractivity contribution in [3.63, 3.8) is 0 Å². The second-order valence-electron chi connectivity index (χ2n) is 4.84. The first-order valence-corrected chi connectivity index (χ1v) is 8.13. The van der Waals surface area contributed by atoms with Gasteiger partial charge in [-0.1, -0.05) is 18.2 Å². The zero-order valence-corrected chi connectivity index (χ0v) is 13.7. The smallest absolute Gasteiger partial charge is 0.257 e. The van der Waals surface area contributed by atoms with Gasteiger partial charge in [0.2, 0.25) is 5.91 Å². The molecule has 7 heteroatoms. The summed E-state index contributed by atoms with van der Waals surface area (Å²) in [5.41, 5.74) is 1.21. The first-order chi connectivity index (χ1) is 11.2. The molecule has 0 spiro atoms. The maximum Gasteiger partial charge on any atom is 0.257 e. The van der Waals surface area contributed by atoms with E-state index in [0.717, 1.165) is 6.42 Å². The van der Waals surface area contributed by atoms with E-state index in [-0.39, 0.29) is 18.2 Å². The lowest BCUT2D eigenvalue weighted by Gasteiger charge is -2.03. The Labute approximate surface area is 138 Å². The van der Waals surface area contributed by atoms with E-state index in [9.17, 15) is 9.59 Å². The number of carbonyl (C=O) groups excluding carboxylic acids is 2. The fourth-order valence-corrected chi connectivity index (χ4v) is 2.58. The molecule has 6 nitrogen and oxygen atoms in total. The van der Waals surface area contributed by atoms with Crippen molar-refractivity contribution < 1.29 is 14.3 Å². The van der Waals surface area contributed by atoms with Crippen LogP contribution in [0.2, 0.25) is 0 Å². The summed E-state index contributed by atoms with van der Waals surface area (Å²) in [6.07, 6.45) is 0.975. The number of rotatable bonds is 8. The van der Waals surface area contributed by atoms with Crippen molar-refractivity contribution in [3.05, 3.63) is 47.0 Å². The topological polar surface area (TPSA) is 80.3 Å². The number of nitrogens with one attached hydrogen (secondary N) is 2. The minimum atomic E-state index is -0.212. The van der Waals surface area contributed by atoms with Crippen molar-refractivity contribution >= 4 is 28.3 Å². The minimum absolute atomic E-state index is 0.0904. The first-order valence-electron chi connectivity index (χ1n) is 7.25. The molecule has 0 unspecified atom stereocenters. The standard InChI is InChI=1S/C16H19N3O3S/c1-22-9-5-8-17-14(20)10-13-11-23-16(18-13)19-15(21)12-6-3-2-4-7-12/h2-4,6-7,11H,5,8-10H2,1H3,(H,17,20)(H,18,19,21). The molecule has 23 heavy (non-hydrogen) atoms. The molecule has 0 bridgehead atoms. The third kappa shape index (κ3) is 5.80. The molecule has 0 saturated heterocycles. The molecular weight excluding hydrogens is 314 g/mol. The highest BCUT2D eigenvalue weighted by Crippen LogP contribution is 2.16. The van der Waals surface area contributed by atoms with E-state index in [0.29, 0.717) is 29.5 Å². The van der Waals surface area contributed by atoms with Crippen molar-refractivity contribution in [1.29, 1.82) is 0 Å². The van der Waals surface area contributed by atoms with Gasteiger partial charge in [0, 0.05) is 31.2 Å². The van der Waals surface area contributed by atoms with Gasteiger partial charge in [-0.2, -0.15) is 0 Å². The molecule has 0 aliphatic rings. The van der Waals surface area contributed by atoms with Gasteiger partial charge in [0.25, 0.3) is 5.91 Å². The Hall–Kier alpha value is -2.25. The SMILES string of the molecule is COCCCNC(=O)Cc1csc(NC(=O)c2ccccc2)n1. The Kier molecular flexibility index (Phi) is 6.71. The lowest BCUT2D eigenvalue weighted by molar-refractivity contribution is -0.120. The molecule has 0 fully saturated rings. The van der Waals surface area contributed by atoms with E-state index in [2.05, 4.69) is 15.6 Å². The highest BCUT2D eigenvalue weighted by Gasteiger charge is 2.10. The number of methoxy groups -OCH3 is 1. The number of aromatic nitrogens is 1. The van der Waals surface area contributed by atoms with Crippen LogP contribution in [0.1, 0.15) is 22.5 Å². The molecule has 2 aromatic rings. The molecule has 2 amide bonds. The van der Waals surface area contributed by atoms with Crippen molar-refractivity contribution in [1.82, 2.24) is 10.3 Å². The summed E-state index contributed by atoms with van der Waals surface area (Å²) in [5.74, 6) is -0.303. The quantitative estimate of drug-likeness (QED) is 0.725. The molecule has 122 valence electrons. The summed E-state index contributed by atoms with van der Waals surface area (Å²) in [5, 5.41) is 7.79. The molecule has 1 aromatic heterocycles. The lowest BCUT2D eigenvalue weighted by Crippen LogP contribution is -2.26. The average molecular weight is 333 g/mol. The second-order valence-corrected chi connectivity index (χ2v) is 5.70. The zero-order valence-electron chi connectivity index (χ0n) is 12.9.